The van der Waals surface area contributed by atoms with E-state index in [9.17, 15) is 0 Å². The number of ether oxygens (including phenoxy) is 2. The molecular formula is C39H54N2O2S. The minimum Gasteiger partial charge on any atom is -0.492 e. The monoisotopic (exact) mass is 614 g/mol. The number of fused-ring (bicyclic) bond motifs is 1. The summed E-state index contributed by atoms with van der Waals surface area (Å²) in [5.41, 5.74) is 5.36. The lowest BCUT2D eigenvalue weighted by atomic mass is 9.98. The molecule has 0 unspecified atom stereocenters. The summed E-state index contributed by atoms with van der Waals surface area (Å²) in [6.07, 6.45) is 9.76. The highest BCUT2D eigenvalue weighted by Crippen LogP contribution is 2.41. The van der Waals surface area contributed by atoms with Gasteiger partial charge < -0.3 is 14.8 Å². The molecule has 1 aliphatic rings. The van der Waals surface area contributed by atoms with E-state index in [0.717, 1.165) is 50.6 Å². The van der Waals surface area contributed by atoms with Gasteiger partial charge in [-0.2, -0.15) is 0 Å². The number of aryl methyl sites for hydroxylation is 1. The van der Waals surface area contributed by atoms with Gasteiger partial charge in [-0.25, -0.2) is 0 Å². The lowest BCUT2D eigenvalue weighted by molar-refractivity contribution is 0.238. The predicted octanol–water partition coefficient (Wildman–Crippen LogP) is 9.77. The van der Waals surface area contributed by atoms with Gasteiger partial charge in [0, 0.05) is 22.7 Å². The van der Waals surface area contributed by atoms with Crippen molar-refractivity contribution in [3.05, 3.63) is 83.4 Å². The number of hydrogen-bond donors (Lipinski definition) is 1. The topological polar surface area (TPSA) is 33.7 Å². The van der Waals surface area contributed by atoms with Crippen LogP contribution in [0.2, 0.25) is 0 Å². The van der Waals surface area contributed by atoms with E-state index >= 15 is 0 Å². The first kappa shape index (κ1) is 34.0. The molecule has 1 saturated heterocycles. The number of nitrogens with zero attached hydrogens (tertiary/aromatic N) is 1. The van der Waals surface area contributed by atoms with Crippen molar-refractivity contribution in [3.63, 3.8) is 0 Å². The molecule has 0 radical (unpaired) electrons. The highest BCUT2D eigenvalue weighted by atomic mass is 32.1. The first-order valence-electron chi connectivity index (χ1n) is 17.2. The average Bonchev–Trinajstić information content (AvgIpc) is 3.72. The zero-order chi connectivity index (χ0) is 31.0. The second kappa shape index (κ2) is 18.8. The van der Waals surface area contributed by atoms with Crippen molar-refractivity contribution in [2.45, 2.75) is 79.1 Å². The number of nitrogens with one attached hydrogen (secondary N) is 1. The lowest BCUT2D eigenvalue weighted by Gasteiger charge is -2.15. The van der Waals surface area contributed by atoms with Crippen LogP contribution in [0.1, 0.15) is 82.9 Å². The highest BCUT2D eigenvalue weighted by Gasteiger charge is 2.16. The van der Waals surface area contributed by atoms with Crippen molar-refractivity contribution in [2.75, 3.05) is 45.9 Å². The molecule has 1 N–H and O–H groups in total. The summed E-state index contributed by atoms with van der Waals surface area (Å²) < 4.78 is 13.5. The molecule has 5 heteroatoms. The van der Waals surface area contributed by atoms with E-state index in [1.165, 1.54) is 88.8 Å². The smallest absolute Gasteiger partial charge is 0.119 e. The maximum atomic E-state index is 6.09. The molecule has 1 aliphatic heterocycles. The third-order valence-corrected chi connectivity index (χ3v) is 9.56. The van der Waals surface area contributed by atoms with Crippen molar-refractivity contribution in [2.24, 2.45) is 0 Å². The Bertz CT molecular complexity index is 1360. The van der Waals surface area contributed by atoms with E-state index in [0.29, 0.717) is 6.61 Å². The summed E-state index contributed by atoms with van der Waals surface area (Å²) in [5, 5.41) is 4.86. The zero-order valence-corrected chi connectivity index (χ0v) is 28.4. The molecule has 2 heterocycles. The fourth-order valence-electron chi connectivity index (χ4n) is 5.77. The highest BCUT2D eigenvalue weighted by molar-refractivity contribution is 7.22. The quantitative estimate of drug-likeness (QED) is 0.120. The maximum Gasteiger partial charge on any atom is 0.119 e. The Morgan fingerprint density at radius 1 is 0.750 bits per heavy atom. The van der Waals surface area contributed by atoms with Crippen LogP contribution in [0.4, 0.5) is 0 Å². The van der Waals surface area contributed by atoms with E-state index in [1.54, 1.807) is 0 Å². The number of thiophene rings is 1. The molecule has 4 aromatic rings. The van der Waals surface area contributed by atoms with Gasteiger partial charge >= 0.3 is 0 Å². The Morgan fingerprint density at radius 2 is 1.43 bits per heavy atom. The van der Waals surface area contributed by atoms with Crippen LogP contribution in [0, 0.1) is 0 Å². The lowest BCUT2D eigenvalue weighted by Crippen LogP contribution is -2.25. The van der Waals surface area contributed by atoms with Crippen molar-refractivity contribution in [1.82, 2.24) is 10.2 Å². The molecule has 0 bridgehead atoms. The summed E-state index contributed by atoms with van der Waals surface area (Å²) >= 11 is 1.91. The number of benzene rings is 3. The van der Waals surface area contributed by atoms with Crippen LogP contribution in [0.5, 0.6) is 11.5 Å². The van der Waals surface area contributed by atoms with Crippen LogP contribution in [-0.4, -0.2) is 50.8 Å². The first-order chi connectivity index (χ1) is 21.7. The maximum absolute atomic E-state index is 6.09. The van der Waals surface area contributed by atoms with Gasteiger partial charge in [-0.05, 0) is 122 Å². The van der Waals surface area contributed by atoms with Crippen LogP contribution < -0.4 is 14.8 Å². The van der Waals surface area contributed by atoms with E-state index < -0.39 is 0 Å². The minimum absolute atomic E-state index is 0.699. The molecule has 0 spiro atoms. The molecule has 0 atom stereocenters. The Balaban J connectivity index is 0.00000216. The Labute approximate surface area is 270 Å². The minimum atomic E-state index is 0.699. The standard InChI is InChI=1S/C37H48N2O2S.C2H6/c1-3-5-6-7-20-38-21-25-40-32-15-10-30(11-16-32)27-35-34-19-12-29(4-2)28-36(34)42-37(35)31-13-17-33(18-14-31)41-26-24-39-22-8-9-23-39;1-2/h10-19,28,38H,3-9,20-27H2,1-2H3;1-2H3. The van der Waals surface area contributed by atoms with Gasteiger partial charge in [0.05, 0.1) is 0 Å². The zero-order valence-electron chi connectivity index (χ0n) is 27.6. The van der Waals surface area contributed by atoms with Gasteiger partial charge in [-0.15, -0.1) is 11.3 Å². The van der Waals surface area contributed by atoms with Crippen LogP contribution in [0.25, 0.3) is 20.5 Å². The van der Waals surface area contributed by atoms with Crippen LogP contribution in [0.3, 0.4) is 0 Å². The molecule has 0 saturated carbocycles. The van der Waals surface area contributed by atoms with E-state index in [1.807, 2.05) is 25.2 Å². The Kier molecular flexibility index (Phi) is 14.6. The third kappa shape index (κ3) is 10.1. The summed E-state index contributed by atoms with van der Waals surface area (Å²) in [6, 6.07) is 24.4. The first-order valence-corrected chi connectivity index (χ1v) is 18.0. The van der Waals surface area contributed by atoms with Gasteiger partial charge in [0.15, 0.2) is 0 Å². The fourth-order valence-corrected chi connectivity index (χ4v) is 7.07. The molecule has 4 nitrogen and oxygen atoms in total. The summed E-state index contributed by atoms with van der Waals surface area (Å²) in [6.45, 7) is 15.3. The molecule has 0 amide bonds. The molecule has 1 fully saturated rings. The summed E-state index contributed by atoms with van der Waals surface area (Å²) in [5.74, 6) is 1.89. The van der Waals surface area contributed by atoms with Gasteiger partial charge in [-0.1, -0.05) is 71.2 Å². The summed E-state index contributed by atoms with van der Waals surface area (Å²) in [7, 11) is 0. The fraction of sp³-hybridized carbons (Fsp3) is 0.487. The Morgan fingerprint density at radius 3 is 2.14 bits per heavy atom. The van der Waals surface area contributed by atoms with E-state index in [2.05, 4.69) is 90.8 Å². The molecule has 44 heavy (non-hydrogen) atoms. The molecule has 1 aromatic heterocycles. The van der Waals surface area contributed by atoms with E-state index in [4.69, 9.17) is 9.47 Å². The number of rotatable bonds is 17. The summed E-state index contributed by atoms with van der Waals surface area (Å²) in [4.78, 5) is 3.85. The molecule has 5 rings (SSSR count). The second-order valence-electron chi connectivity index (χ2n) is 11.5. The van der Waals surface area contributed by atoms with Crippen molar-refractivity contribution < 1.29 is 9.47 Å². The molecule has 3 aromatic carbocycles. The van der Waals surface area contributed by atoms with Gasteiger partial charge in [0.2, 0.25) is 0 Å². The van der Waals surface area contributed by atoms with Crippen molar-refractivity contribution >= 4 is 21.4 Å². The van der Waals surface area contributed by atoms with Crippen LogP contribution in [0.15, 0.2) is 66.7 Å². The normalized spacial score (nSPS) is 13.2. The van der Waals surface area contributed by atoms with Gasteiger partial charge in [-0.3, -0.25) is 4.90 Å². The largest absolute Gasteiger partial charge is 0.492 e. The Hall–Kier alpha value is -2.86. The molecule has 0 aliphatic carbocycles. The number of likely N-dealkylation sites (tertiary alicyclic amines) is 1. The number of unbranched alkanes of at least 4 members (excludes halogenated alkanes) is 3. The van der Waals surface area contributed by atoms with Crippen LogP contribution in [-0.2, 0) is 12.8 Å². The second-order valence-corrected chi connectivity index (χ2v) is 12.5. The number of hydrogen-bond acceptors (Lipinski definition) is 5. The SMILES string of the molecule is CC.CCCCCCNCCOc1ccc(Cc2c(-c3ccc(OCCN4CCCC4)cc3)sc3cc(CC)ccc23)cc1. The predicted molar refractivity (Wildman–Crippen MR) is 191 cm³/mol. The van der Waals surface area contributed by atoms with Crippen molar-refractivity contribution in [3.8, 4) is 21.9 Å². The van der Waals surface area contributed by atoms with Crippen LogP contribution >= 0.6 is 11.3 Å². The molecule has 238 valence electrons. The third-order valence-electron chi connectivity index (χ3n) is 8.32. The van der Waals surface area contributed by atoms with Gasteiger partial charge in [0.1, 0.15) is 24.7 Å². The van der Waals surface area contributed by atoms with Gasteiger partial charge in [0.25, 0.3) is 0 Å². The van der Waals surface area contributed by atoms with E-state index in [-0.39, 0.29) is 0 Å². The average molecular weight is 615 g/mol. The van der Waals surface area contributed by atoms with Crippen molar-refractivity contribution in [1.29, 1.82) is 0 Å². The molecular weight excluding hydrogens is 561 g/mol.